The zero-order valence-electron chi connectivity index (χ0n) is 8.28. The number of nitrogens with zero attached hydrogens (tertiary/aromatic N) is 1. The van der Waals surface area contributed by atoms with Gasteiger partial charge in [0.15, 0.2) is 0 Å². The van der Waals surface area contributed by atoms with Gasteiger partial charge < -0.3 is 9.53 Å². The van der Waals surface area contributed by atoms with Crippen LogP contribution in [0, 0.1) is 5.41 Å². The molecule has 2 heterocycles. The summed E-state index contributed by atoms with van der Waals surface area (Å²) in [6.07, 6.45) is 6.09. The van der Waals surface area contributed by atoms with Crippen molar-refractivity contribution in [1.29, 1.82) is 0 Å². The largest absolute Gasteiger partial charge is 0.380 e. The Morgan fingerprint density at radius 3 is 3.07 bits per heavy atom. The lowest BCUT2D eigenvalue weighted by Crippen LogP contribution is -2.25. The van der Waals surface area contributed by atoms with Crippen molar-refractivity contribution in [2.75, 3.05) is 13.2 Å². The molecule has 0 N–H and O–H groups in total. The SMILES string of the molecule is O=CC1(Cc2cncc(Br)c2)CCOC1. The Labute approximate surface area is 97.0 Å². The molecule has 1 aromatic rings. The number of halogens is 1. The summed E-state index contributed by atoms with van der Waals surface area (Å²) >= 11 is 3.37. The molecule has 1 atom stereocenters. The first-order valence-corrected chi connectivity index (χ1v) is 5.67. The van der Waals surface area contributed by atoms with E-state index in [1.807, 2.05) is 6.07 Å². The van der Waals surface area contributed by atoms with Crippen molar-refractivity contribution in [3.8, 4) is 0 Å². The van der Waals surface area contributed by atoms with E-state index in [0.29, 0.717) is 19.6 Å². The molecule has 3 nitrogen and oxygen atoms in total. The maximum atomic E-state index is 11.1. The molecule has 4 heteroatoms. The predicted molar refractivity (Wildman–Crippen MR) is 59.6 cm³/mol. The lowest BCUT2D eigenvalue weighted by molar-refractivity contribution is -0.116. The van der Waals surface area contributed by atoms with Gasteiger partial charge in [0, 0.05) is 23.5 Å². The number of carbonyl (C=O) groups is 1. The van der Waals surface area contributed by atoms with Crippen molar-refractivity contribution in [2.24, 2.45) is 5.41 Å². The van der Waals surface area contributed by atoms with Crippen LogP contribution in [0.5, 0.6) is 0 Å². The van der Waals surface area contributed by atoms with Crippen LogP contribution in [0.15, 0.2) is 22.9 Å². The molecule has 1 unspecified atom stereocenters. The van der Waals surface area contributed by atoms with E-state index in [4.69, 9.17) is 4.74 Å². The lowest BCUT2D eigenvalue weighted by Gasteiger charge is -2.19. The lowest BCUT2D eigenvalue weighted by atomic mass is 9.83. The van der Waals surface area contributed by atoms with E-state index in [0.717, 1.165) is 22.7 Å². The first kappa shape index (κ1) is 10.8. The number of aromatic nitrogens is 1. The van der Waals surface area contributed by atoms with E-state index in [2.05, 4.69) is 20.9 Å². The summed E-state index contributed by atoms with van der Waals surface area (Å²) < 4.78 is 6.23. The minimum Gasteiger partial charge on any atom is -0.380 e. The van der Waals surface area contributed by atoms with Crippen LogP contribution in [-0.2, 0) is 16.0 Å². The molecule has 0 radical (unpaired) electrons. The quantitative estimate of drug-likeness (QED) is 0.788. The maximum Gasteiger partial charge on any atom is 0.128 e. The van der Waals surface area contributed by atoms with E-state index in [9.17, 15) is 4.79 Å². The third kappa shape index (κ3) is 2.44. The second-order valence-electron chi connectivity index (χ2n) is 3.97. The van der Waals surface area contributed by atoms with Crippen molar-refractivity contribution < 1.29 is 9.53 Å². The molecule has 2 rings (SSSR count). The third-order valence-electron chi connectivity index (χ3n) is 2.70. The number of pyridine rings is 1. The fraction of sp³-hybridized carbons (Fsp3) is 0.455. The summed E-state index contributed by atoms with van der Waals surface area (Å²) in [5.41, 5.74) is 0.740. The van der Waals surface area contributed by atoms with Gasteiger partial charge in [0.05, 0.1) is 12.0 Å². The summed E-state index contributed by atoms with van der Waals surface area (Å²) in [6, 6.07) is 2.00. The molecule has 1 saturated heterocycles. The molecule has 80 valence electrons. The topological polar surface area (TPSA) is 39.2 Å². The molecule has 15 heavy (non-hydrogen) atoms. The standard InChI is InChI=1S/C11H12BrNO2/c12-10-3-9(5-13-6-10)4-11(7-14)1-2-15-8-11/h3,5-7H,1-2,4,8H2. The Kier molecular flexibility index (Phi) is 3.17. The van der Waals surface area contributed by atoms with E-state index < -0.39 is 0 Å². The van der Waals surface area contributed by atoms with Gasteiger partial charge in [-0.1, -0.05) is 0 Å². The van der Waals surface area contributed by atoms with Gasteiger partial charge in [0.2, 0.25) is 0 Å². The molecule has 1 aromatic heterocycles. The van der Waals surface area contributed by atoms with Crippen LogP contribution in [0.3, 0.4) is 0 Å². The van der Waals surface area contributed by atoms with Crippen LogP contribution in [0.25, 0.3) is 0 Å². The van der Waals surface area contributed by atoms with Crippen LogP contribution in [0.4, 0.5) is 0 Å². The number of hydrogen-bond donors (Lipinski definition) is 0. The van der Waals surface area contributed by atoms with Gasteiger partial charge in [-0.2, -0.15) is 0 Å². The Morgan fingerprint density at radius 2 is 2.47 bits per heavy atom. The van der Waals surface area contributed by atoms with E-state index in [1.165, 1.54) is 0 Å². The fourth-order valence-electron chi connectivity index (χ4n) is 1.86. The molecule has 0 aromatic carbocycles. The average molecular weight is 270 g/mol. The van der Waals surface area contributed by atoms with Crippen LogP contribution < -0.4 is 0 Å². The highest BCUT2D eigenvalue weighted by Gasteiger charge is 2.34. The fourth-order valence-corrected chi connectivity index (χ4v) is 2.27. The van der Waals surface area contributed by atoms with E-state index in [-0.39, 0.29) is 5.41 Å². The second-order valence-corrected chi connectivity index (χ2v) is 4.89. The van der Waals surface area contributed by atoms with Crippen LogP contribution >= 0.6 is 15.9 Å². The monoisotopic (exact) mass is 269 g/mol. The van der Waals surface area contributed by atoms with Gasteiger partial charge in [-0.05, 0) is 40.4 Å². The molecular formula is C11H12BrNO2. The first-order chi connectivity index (χ1) is 7.24. The molecule has 1 aliphatic heterocycles. The van der Waals surface area contributed by atoms with Crippen molar-refractivity contribution in [1.82, 2.24) is 4.98 Å². The second kappa shape index (κ2) is 4.41. The zero-order valence-corrected chi connectivity index (χ0v) is 9.87. The number of ether oxygens (including phenoxy) is 1. The number of hydrogen-bond acceptors (Lipinski definition) is 3. The number of aldehydes is 1. The van der Waals surface area contributed by atoms with Crippen LogP contribution in [-0.4, -0.2) is 24.5 Å². The van der Waals surface area contributed by atoms with Gasteiger partial charge in [0.25, 0.3) is 0 Å². The normalized spacial score (nSPS) is 25.4. The minimum atomic E-state index is -0.331. The number of rotatable bonds is 3. The van der Waals surface area contributed by atoms with Crippen molar-refractivity contribution in [2.45, 2.75) is 12.8 Å². The number of carbonyl (C=O) groups excluding carboxylic acids is 1. The molecular weight excluding hydrogens is 258 g/mol. The Balaban J connectivity index is 2.16. The van der Waals surface area contributed by atoms with Crippen LogP contribution in [0.2, 0.25) is 0 Å². The van der Waals surface area contributed by atoms with Gasteiger partial charge >= 0.3 is 0 Å². The van der Waals surface area contributed by atoms with Crippen LogP contribution in [0.1, 0.15) is 12.0 Å². The molecule has 0 bridgehead atoms. The zero-order chi connectivity index (χ0) is 10.7. The highest BCUT2D eigenvalue weighted by atomic mass is 79.9. The van der Waals surface area contributed by atoms with E-state index >= 15 is 0 Å². The Hall–Kier alpha value is -0.740. The van der Waals surface area contributed by atoms with Crippen molar-refractivity contribution >= 4 is 22.2 Å². The molecule has 0 aliphatic carbocycles. The summed E-state index contributed by atoms with van der Waals surface area (Å²) in [4.78, 5) is 15.2. The van der Waals surface area contributed by atoms with Gasteiger partial charge in [-0.25, -0.2) is 0 Å². The predicted octanol–water partition coefficient (Wildman–Crippen LogP) is 1.99. The van der Waals surface area contributed by atoms with Gasteiger partial charge in [0.1, 0.15) is 6.29 Å². The smallest absolute Gasteiger partial charge is 0.128 e. The third-order valence-corrected chi connectivity index (χ3v) is 3.14. The molecule has 0 amide bonds. The summed E-state index contributed by atoms with van der Waals surface area (Å²) in [7, 11) is 0. The summed E-state index contributed by atoms with van der Waals surface area (Å²) in [6.45, 7) is 1.21. The van der Waals surface area contributed by atoms with Gasteiger partial charge in [-0.3, -0.25) is 4.98 Å². The van der Waals surface area contributed by atoms with E-state index in [1.54, 1.807) is 12.4 Å². The molecule has 0 spiro atoms. The average Bonchev–Trinajstić information content (AvgIpc) is 2.67. The molecule has 1 aliphatic rings. The minimum absolute atomic E-state index is 0.331. The maximum absolute atomic E-state index is 11.1. The highest BCUT2D eigenvalue weighted by Crippen LogP contribution is 2.30. The Bertz CT molecular complexity index is 361. The van der Waals surface area contributed by atoms with Crippen molar-refractivity contribution in [3.63, 3.8) is 0 Å². The molecule has 0 saturated carbocycles. The summed E-state index contributed by atoms with van der Waals surface area (Å²) in [5, 5.41) is 0. The first-order valence-electron chi connectivity index (χ1n) is 4.88. The molecule has 1 fully saturated rings. The summed E-state index contributed by atoms with van der Waals surface area (Å²) in [5.74, 6) is 0. The Morgan fingerprint density at radius 1 is 1.60 bits per heavy atom. The van der Waals surface area contributed by atoms with Crippen molar-refractivity contribution in [3.05, 3.63) is 28.5 Å². The van der Waals surface area contributed by atoms with Gasteiger partial charge in [-0.15, -0.1) is 0 Å². The highest BCUT2D eigenvalue weighted by molar-refractivity contribution is 9.10.